The highest BCUT2D eigenvalue weighted by molar-refractivity contribution is 5.99. The number of rotatable bonds is 4. The number of hydrogen-bond donors (Lipinski definition) is 2. The van der Waals surface area contributed by atoms with Crippen LogP contribution in [0.4, 0.5) is 10.5 Å². The number of nitrogens with one attached hydrogen (secondary N) is 2. The molecule has 0 unspecified atom stereocenters. The highest BCUT2D eigenvalue weighted by atomic mass is 16.2. The number of benzene rings is 1. The van der Waals surface area contributed by atoms with Gasteiger partial charge in [-0.05, 0) is 56.8 Å². The molecule has 2 aliphatic heterocycles. The maximum Gasteiger partial charge on any atom is 0.322 e. The minimum atomic E-state index is -0.0861. The zero-order valence-corrected chi connectivity index (χ0v) is 17.6. The van der Waals surface area contributed by atoms with Crippen LogP contribution in [0.3, 0.4) is 0 Å². The number of carbonyl (C=O) groups excluding carboxylic acids is 2. The first kappa shape index (κ1) is 20.2. The van der Waals surface area contributed by atoms with Crippen molar-refractivity contribution in [2.45, 2.75) is 70.4 Å². The van der Waals surface area contributed by atoms with Gasteiger partial charge >= 0.3 is 6.03 Å². The van der Waals surface area contributed by atoms with Gasteiger partial charge in [-0.1, -0.05) is 31.7 Å². The maximum atomic E-state index is 13.0. The van der Waals surface area contributed by atoms with Crippen molar-refractivity contribution in [3.05, 3.63) is 29.3 Å². The van der Waals surface area contributed by atoms with Crippen molar-refractivity contribution in [2.24, 2.45) is 0 Å². The first-order chi connectivity index (χ1) is 14.1. The number of urea groups is 1. The van der Waals surface area contributed by atoms with Crippen molar-refractivity contribution < 1.29 is 9.59 Å². The second-order valence-corrected chi connectivity index (χ2v) is 8.84. The predicted molar refractivity (Wildman–Crippen MR) is 115 cm³/mol. The molecule has 3 fully saturated rings. The van der Waals surface area contributed by atoms with Gasteiger partial charge in [0.2, 0.25) is 0 Å². The predicted octanol–water partition coefficient (Wildman–Crippen LogP) is 3.44. The van der Waals surface area contributed by atoms with Gasteiger partial charge in [0, 0.05) is 43.0 Å². The minimum absolute atomic E-state index is 0.0291. The van der Waals surface area contributed by atoms with Gasteiger partial charge in [-0.2, -0.15) is 0 Å². The summed E-state index contributed by atoms with van der Waals surface area (Å²) in [6.07, 6.45) is 10.2. The molecule has 0 bridgehead atoms. The molecule has 158 valence electrons. The summed E-state index contributed by atoms with van der Waals surface area (Å²) in [5.74, 6) is -0.0291. The molecule has 2 heterocycles. The summed E-state index contributed by atoms with van der Waals surface area (Å²) in [6.45, 7) is 5.39. The number of anilines is 1. The zero-order chi connectivity index (χ0) is 20.2. The summed E-state index contributed by atoms with van der Waals surface area (Å²) in [4.78, 5) is 29.3. The molecule has 4 rings (SSSR count). The lowest BCUT2D eigenvalue weighted by molar-refractivity contribution is 0.0860. The van der Waals surface area contributed by atoms with Crippen LogP contribution in [0, 0.1) is 6.92 Å². The SMILES string of the molecule is Cc1ccc(C(=O)N[C@@H]2CCCN(C3CCCCCC3)C2)cc1N1CCNC1=O. The minimum Gasteiger partial charge on any atom is -0.348 e. The molecule has 1 aliphatic carbocycles. The Morgan fingerprint density at radius 1 is 1.07 bits per heavy atom. The lowest BCUT2D eigenvalue weighted by atomic mass is 9.99. The van der Waals surface area contributed by atoms with Crippen molar-refractivity contribution in [3.8, 4) is 0 Å². The summed E-state index contributed by atoms with van der Waals surface area (Å²) in [7, 11) is 0. The van der Waals surface area contributed by atoms with E-state index in [0.29, 0.717) is 24.7 Å². The lowest BCUT2D eigenvalue weighted by Crippen LogP contribution is -2.50. The van der Waals surface area contributed by atoms with E-state index in [1.807, 2.05) is 25.1 Å². The molecule has 1 atom stereocenters. The molecule has 1 saturated carbocycles. The highest BCUT2D eigenvalue weighted by Gasteiger charge is 2.28. The van der Waals surface area contributed by atoms with Crippen LogP contribution < -0.4 is 15.5 Å². The van der Waals surface area contributed by atoms with Crippen molar-refractivity contribution in [1.29, 1.82) is 0 Å². The molecule has 3 aliphatic rings. The topological polar surface area (TPSA) is 64.7 Å². The maximum absolute atomic E-state index is 13.0. The molecule has 0 aromatic heterocycles. The summed E-state index contributed by atoms with van der Waals surface area (Å²) in [5.41, 5.74) is 2.48. The Morgan fingerprint density at radius 2 is 1.86 bits per heavy atom. The van der Waals surface area contributed by atoms with Gasteiger partial charge in [0.15, 0.2) is 0 Å². The third-order valence-electron chi connectivity index (χ3n) is 6.75. The molecule has 3 amide bonds. The van der Waals surface area contributed by atoms with E-state index in [1.165, 1.54) is 38.5 Å². The lowest BCUT2D eigenvalue weighted by Gasteiger charge is -2.38. The summed E-state index contributed by atoms with van der Waals surface area (Å²) >= 11 is 0. The normalized spacial score (nSPS) is 24.2. The van der Waals surface area contributed by atoms with Gasteiger partial charge in [-0.15, -0.1) is 0 Å². The van der Waals surface area contributed by atoms with Gasteiger partial charge in [-0.25, -0.2) is 4.79 Å². The Labute approximate surface area is 174 Å². The quantitative estimate of drug-likeness (QED) is 0.764. The number of hydrogen-bond acceptors (Lipinski definition) is 3. The summed E-state index contributed by atoms with van der Waals surface area (Å²) < 4.78 is 0. The van der Waals surface area contributed by atoms with E-state index in [4.69, 9.17) is 0 Å². The summed E-state index contributed by atoms with van der Waals surface area (Å²) in [5, 5.41) is 6.10. The number of aryl methyl sites for hydroxylation is 1. The van der Waals surface area contributed by atoms with Gasteiger partial charge in [0.05, 0.1) is 0 Å². The molecule has 0 radical (unpaired) electrons. The smallest absolute Gasteiger partial charge is 0.322 e. The Hall–Kier alpha value is -2.08. The zero-order valence-electron chi connectivity index (χ0n) is 17.6. The van der Waals surface area contributed by atoms with E-state index in [1.54, 1.807) is 4.90 Å². The van der Waals surface area contributed by atoms with Crippen molar-refractivity contribution in [3.63, 3.8) is 0 Å². The van der Waals surface area contributed by atoms with E-state index in [2.05, 4.69) is 15.5 Å². The highest BCUT2D eigenvalue weighted by Crippen LogP contribution is 2.26. The number of piperidine rings is 1. The van der Waals surface area contributed by atoms with Crippen LogP contribution >= 0.6 is 0 Å². The van der Waals surface area contributed by atoms with Crippen LogP contribution in [0.25, 0.3) is 0 Å². The summed E-state index contributed by atoms with van der Waals surface area (Å²) in [6, 6.07) is 6.48. The van der Waals surface area contributed by atoms with Crippen LogP contribution in [0.5, 0.6) is 0 Å². The fourth-order valence-corrected chi connectivity index (χ4v) is 5.09. The standard InChI is InChI=1S/C23H34N4O2/c1-17-10-11-18(15-21(17)27-14-12-24-23(27)29)22(28)25-19-7-6-13-26(16-19)20-8-4-2-3-5-9-20/h10-11,15,19-20H,2-9,12-14,16H2,1H3,(H,24,29)(H,25,28)/t19-/m1/s1. The average Bonchev–Trinajstić information content (AvgIpc) is 2.98. The molecule has 6 nitrogen and oxygen atoms in total. The van der Waals surface area contributed by atoms with E-state index in [9.17, 15) is 9.59 Å². The first-order valence-corrected chi connectivity index (χ1v) is 11.3. The van der Waals surface area contributed by atoms with E-state index < -0.39 is 0 Å². The van der Waals surface area contributed by atoms with E-state index in [-0.39, 0.29) is 18.0 Å². The fourth-order valence-electron chi connectivity index (χ4n) is 5.09. The Bertz CT molecular complexity index is 742. The molecular formula is C23H34N4O2. The van der Waals surface area contributed by atoms with Crippen LogP contribution in [0.15, 0.2) is 18.2 Å². The third kappa shape index (κ3) is 4.74. The molecule has 29 heavy (non-hydrogen) atoms. The second-order valence-electron chi connectivity index (χ2n) is 8.84. The Balaban J connectivity index is 1.40. The third-order valence-corrected chi connectivity index (χ3v) is 6.75. The average molecular weight is 399 g/mol. The van der Waals surface area contributed by atoms with E-state index in [0.717, 1.165) is 37.2 Å². The molecule has 2 N–H and O–H groups in total. The number of nitrogens with zero attached hydrogens (tertiary/aromatic N) is 2. The van der Waals surface area contributed by atoms with Gasteiger partial charge in [-0.3, -0.25) is 14.6 Å². The molecular weight excluding hydrogens is 364 g/mol. The Kier molecular flexibility index (Phi) is 6.38. The number of likely N-dealkylation sites (tertiary alicyclic amines) is 1. The van der Waals surface area contributed by atoms with Crippen LogP contribution in [-0.2, 0) is 0 Å². The number of carbonyl (C=O) groups is 2. The van der Waals surface area contributed by atoms with Crippen molar-refractivity contribution in [1.82, 2.24) is 15.5 Å². The second kappa shape index (κ2) is 9.16. The molecule has 2 saturated heterocycles. The first-order valence-electron chi connectivity index (χ1n) is 11.3. The van der Waals surface area contributed by atoms with Crippen LogP contribution in [-0.4, -0.2) is 55.1 Å². The van der Waals surface area contributed by atoms with Crippen molar-refractivity contribution >= 4 is 17.6 Å². The van der Waals surface area contributed by atoms with Crippen LogP contribution in [0.1, 0.15) is 67.3 Å². The van der Waals surface area contributed by atoms with Gasteiger partial charge in [0.1, 0.15) is 0 Å². The van der Waals surface area contributed by atoms with Gasteiger partial charge < -0.3 is 10.6 Å². The Morgan fingerprint density at radius 3 is 2.59 bits per heavy atom. The van der Waals surface area contributed by atoms with Crippen LogP contribution in [0.2, 0.25) is 0 Å². The van der Waals surface area contributed by atoms with Gasteiger partial charge in [0.25, 0.3) is 5.91 Å². The molecule has 1 aromatic rings. The number of amides is 3. The monoisotopic (exact) mass is 398 g/mol. The fraction of sp³-hybridized carbons (Fsp3) is 0.652. The van der Waals surface area contributed by atoms with Crippen molar-refractivity contribution in [2.75, 3.05) is 31.1 Å². The molecule has 1 aromatic carbocycles. The molecule has 0 spiro atoms. The largest absolute Gasteiger partial charge is 0.348 e. The molecule has 6 heteroatoms. The van der Waals surface area contributed by atoms with E-state index >= 15 is 0 Å².